The lowest BCUT2D eigenvalue weighted by Crippen LogP contribution is -2.46. The zero-order valence-corrected chi connectivity index (χ0v) is 17.8. The van der Waals surface area contributed by atoms with E-state index in [1.807, 2.05) is 59.5 Å². The molecule has 0 amide bonds. The van der Waals surface area contributed by atoms with Crippen molar-refractivity contribution in [3.63, 3.8) is 0 Å². The first-order valence-electron chi connectivity index (χ1n) is 10.1. The van der Waals surface area contributed by atoms with Crippen molar-refractivity contribution in [3.05, 3.63) is 88.0 Å². The van der Waals surface area contributed by atoms with Crippen molar-refractivity contribution in [3.8, 4) is 10.4 Å². The number of nitrogens with one attached hydrogen (secondary N) is 1. The second-order valence-electron chi connectivity index (χ2n) is 7.62. The Morgan fingerprint density at radius 2 is 1.90 bits per heavy atom. The minimum Gasteiger partial charge on any atom is -0.468 e. The van der Waals surface area contributed by atoms with E-state index in [1.54, 1.807) is 0 Å². The Hall–Kier alpha value is -3.29. The number of ether oxygens (including phenoxy) is 1. The topological polar surface area (TPSA) is 75.3 Å². The molecule has 0 saturated heterocycles. The zero-order valence-electron chi connectivity index (χ0n) is 17.0. The molecule has 4 aromatic rings. The molecule has 1 aliphatic heterocycles. The standard InChI is InChI=1S/C24H21N3O3S/c1-30-24(29)19-11-16-9-5-6-10-17(16)13-27(19)14-21-25-22(28)18-12-20(31-23(18)26-21)15-7-3-2-4-8-15/h2-10,12,19H,11,13-14H2,1H3,(H,25,26,28). The second-order valence-corrected chi connectivity index (χ2v) is 8.66. The van der Waals surface area contributed by atoms with Gasteiger partial charge in [-0.15, -0.1) is 11.3 Å². The van der Waals surface area contributed by atoms with Crippen LogP contribution < -0.4 is 5.56 Å². The van der Waals surface area contributed by atoms with E-state index >= 15 is 0 Å². The van der Waals surface area contributed by atoms with Crippen molar-refractivity contribution in [1.82, 2.24) is 14.9 Å². The first-order valence-corrected chi connectivity index (χ1v) is 10.9. The highest BCUT2D eigenvalue weighted by Crippen LogP contribution is 2.31. The lowest BCUT2D eigenvalue weighted by molar-refractivity contribution is -0.148. The average molecular weight is 432 g/mol. The maximum absolute atomic E-state index is 12.8. The predicted octanol–water partition coefficient (Wildman–Crippen LogP) is 3.75. The van der Waals surface area contributed by atoms with Gasteiger partial charge in [0.15, 0.2) is 0 Å². The molecule has 6 nitrogen and oxygen atoms in total. The van der Waals surface area contributed by atoms with E-state index in [-0.39, 0.29) is 11.5 Å². The first kappa shape index (κ1) is 19.7. The number of methoxy groups -OCH3 is 1. The van der Waals surface area contributed by atoms with Crippen molar-refractivity contribution in [2.24, 2.45) is 0 Å². The summed E-state index contributed by atoms with van der Waals surface area (Å²) in [6.45, 7) is 0.954. The van der Waals surface area contributed by atoms with Crippen molar-refractivity contribution in [2.45, 2.75) is 25.6 Å². The molecule has 1 aliphatic rings. The summed E-state index contributed by atoms with van der Waals surface area (Å²) in [5, 5.41) is 0.584. The fourth-order valence-corrected chi connectivity index (χ4v) is 5.16. The third kappa shape index (κ3) is 3.78. The molecular formula is C24H21N3O3S. The van der Waals surface area contributed by atoms with Crippen LogP contribution in [-0.2, 0) is 29.0 Å². The summed E-state index contributed by atoms with van der Waals surface area (Å²) in [7, 11) is 1.41. The third-order valence-electron chi connectivity index (χ3n) is 5.68. The normalized spacial score (nSPS) is 16.2. The maximum Gasteiger partial charge on any atom is 0.323 e. The number of benzene rings is 2. The first-order chi connectivity index (χ1) is 15.1. The molecule has 2 aromatic carbocycles. The quantitative estimate of drug-likeness (QED) is 0.498. The Balaban J connectivity index is 1.49. The van der Waals surface area contributed by atoms with E-state index in [0.717, 1.165) is 16.0 Å². The largest absolute Gasteiger partial charge is 0.468 e. The molecule has 1 unspecified atom stereocenters. The molecule has 0 spiro atoms. The van der Waals surface area contributed by atoms with Gasteiger partial charge in [-0.1, -0.05) is 54.6 Å². The summed E-state index contributed by atoms with van der Waals surface area (Å²) in [6, 6.07) is 19.5. The van der Waals surface area contributed by atoms with Gasteiger partial charge in [0.1, 0.15) is 16.7 Å². The third-order valence-corrected chi connectivity index (χ3v) is 6.76. The van der Waals surface area contributed by atoms with E-state index in [0.29, 0.717) is 35.6 Å². The van der Waals surface area contributed by atoms with Crippen LogP contribution in [0.25, 0.3) is 20.7 Å². The molecule has 5 rings (SSSR count). The van der Waals surface area contributed by atoms with E-state index in [4.69, 9.17) is 9.72 Å². The van der Waals surface area contributed by atoms with Crippen LogP contribution in [0.15, 0.2) is 65.5 Å². The van der Waals surface area contributed by atoms with Crippen LogP contribution in [0.3, 0.4) is 0 Å². The van der Waals surface area contributed by atoms with Crippen LogP contribution in [-0.4, -0.2) is 34.0 Å². The summed E-state index contributed by atoms with van der Waals surface area (Å²) in [5.41, 5.74) is 3.22. The van der Waals surface area contributed by atoms with Crippen LogP contribution in [0.4, 0.5) is 0 Å². The predicted molar refractivity (Wildman–Crippen MR) is 121 cm³/mol. The van der Waals surface area contributed by atoms with Crippen LogP contribution in [0.1, 0.15) is 17.0 Å². The minimum atomic E-state index is -0.413. The van der Waals surface area contributed by atoms with Gasteiger partial charge in [0, 0.05) is 11.4 Å². The van der Waals surface area contributed by atoms with E-state index in [2.05, 4.69) is 11.1 Å². The van der Waals surface area contributed by atoms with Gasteiger partial charge in [-0.25, -0.2) is 4.98 Å². The average Bonchev–Trinajstić information content (AvgIpc) is 3.23. The van der Waals surface area contributed by atoms with E-state index in [9.17, 15) is 9.59 Å². The maximum atomic E-state index is 12.8. The zero-order chi connectivity index (χ0) is 21.4. The lowest BCUT2D eigenvalue weighted by atomic mass is 9.94. The van der Waals surface area contributed by atoms with E-state index < -0.39 is 6.04 Å². The van der Waals surface area contributed by atoms with Gasteiger partial charge in [0.25, 0.3) is 5.56 Å². The Kier molecular flexibility index (Phi) is 5.13. The summed E-state index contributed by atoms with van der Waals surface area (Å²) in [6.07, 6.45) is 0.576. The van der Waals surface area contributed by atoms with Crippen molar-refractivity contribution in [1.29, 1.82) is 0 Å². The lowest BCUT2D eigenvalue weighted by Gasteiger charge is -2.34. The summed E-state index contributed by atoms with van der Waals surface area (Å²) < 4.78 is 5.05. The molecule has 1 N–H and O–H groups in total. The number of carbonyl (C=O) groups excluding carboxylic acids is 1. The molecular weight excluding hydrogens is 410 g/mol. The highest BCUT2D eigenvalue weighted by atomic mass is 32.1. The van der Waals surface area contributed by atoms with Gasteiger partial charge in [-0.2, -0.15) is 0 Å². The SMILES string of the molecule is COC(=O)C1Cc2ccccc2CN1Cc1nc2sc(-c3ccccc3)cc2c(=O)[nH]1. The number of rotatable bonds is 4. The molecule has 0 radical (unpaired) electrons. The Morgan fingerprint density at radius 3 is 2.68 bits per heavy atom. The summed E-state index contributed by atoms with van der Waals surface area (Å²) in [5.74, 6) is 0.271. The van der Waals surface area contributed by atoms with Crippen LogP contribution in [0.5, 0.6) is 0 Å². The number of carbonyl (C=O) groups is 1. The smallest absolute Gasteiger partial charge is 0.323 e. The number of hydrogen-bond acceptors (Lipinski definition) is 6. The molecule has 0 aliphatic carbocycles. The monoisotopic (exact) mass is 431 g/mol. The number of aromatic nitrogens is 2. The fraction of sp³-hybridized carbons (Fsp3) is 0.208. The van der Waals surface area contributed by atoms with Gasteiger partial charge in [0.2, 0.25) is 0 Å². The van der Waals surface area contributed by atoms with Gasteiger partial charge in [-0.3, -0.25) is 14.5 Å². The molecule has 31 heavy (non-hydrogen) atoms. The fourth-order valence-electron chi connectivity index (χ4n) is 4.10. The number of nitrogens with zero attached hydrogens (tertiary/aromatic N) is 2. The van der Waals surface area contributed by atoms with Gasteiger partial charge >= 0.3 is 5.97 Å². The highest BCUT2D eigenvalue weighted by molar-refractivity contribution is 7.21. The number of hydrogen-bond donors (Lipinski definition) is 1. The Bertz CT molecular complexity index is 1310. The van der Waals surface area contributed by atoms with Crippen molar-refractivity contribution in [2.75, 3.05) is 7.11 Å². The Morgan fingerprint density at radius 1 is 1.16 bits per heavy atom. The Labute approximate surface area is 183 Å². The van der Waals surface area contributed by atoms with Crippen molar-refractivity contribution < 1.29 is 9.53 Å². The molecule has 156 valence electrons. The molecule has 0 fully saturated rings. The summed E-state index contributed by atoms with van der Waals surface area (Å²) >= 11 is 1.50. The van der Waals surface area contributed by atoms with Crippen molar-refractivity contribution >= 4 is 27.5 Å². The van der Waals surface area contributed by atoms with Crippen LogP contribution in [0.2, 0.25) is 0 Å². The number of fused-ring (bicyclic) bond motifs is 2. The van der Waals surface area contributed by atoms with Gasteiger partial charge in [-0.05, 0) is 29.2 Å². The number of esters is 1. The molecule has 2 aromatic heterocycles. The highest BCUT2D eigenvalue weighted by Gasteiger charge is 2.32. The van der Waals surface area contributed by atoms with Crippen LogP contribution >= 0.6 is 11.3 Å². The van der Waals surface area contributed by atoms with Crippen LogP contribution in [0, 0.1) is 0 Å². The minimum absolute atomic E-state index is 0.162. The van der Waals surface area contributed by atoms with E-state index in [1.165, 1.54) is 24.0 Å². The molecule has 7 heteroatoms. The number of H-pyrrole nitrogens is 1. The molecule has 0 saturated carbocycles. The van der Waals surface area contributed by atoms with Gasteiger partial charge in [0.05, 0.1) is 19.0 Å². The van der Waals surface area contributed by atoms with Gasteiger partial charge < -0.3 is 9.72 Å². The second kappa shape index (κ2) is 8.09. The molecule has 3 heterocycles. The number of thiophene rings is 1. The summed E-state index contributed by atoms with van der Waals surface area (Å²) in [4.78, 5) is 36.6. The molecule has 1 atom stereocenters. The molecule has 0 bridgehead atoms. The number of aromatic amines is 1.